The van der Waals surface area contributed by atoms with Gasteiger partial charge in [0, 0.05) is 31.7 Å². The van der Waals surface area contributed by atoms with Crippen LogP contribution < -0.4 is 23.8 Å². The van der Waals surface area contributed by atoms with Gasteiger partial charge >= 0.3 is 6.18 Å². The smallest absolute Gasteiger partial charge is 0.417 e. The Hall–Kier alpha value is -3.70. The first-order valence-corrected chi connectivity index (χ1v) is 21.9. The number of thiazole rings is 1. The number of alkyl halides is 3. The largest absolute Gasteiger partial charge is 0.506 e. The molecule has 3 aliphatic rings. The fraction of sp³-hybridized carbons (Fsp3) is 0.545. The van der Waals surface area contributed by atoms with Gasteiger partial charge in [0.2, 0.25) is 18.1 Å². The number of aliphatic hydroxyl groups excluding tert-OH is 1. The maximum absolute atomic E-state index is 14.0. The van der Waals surface area contributed by atoms with Crippen molar-refractivity contribution in [2.75, 3.05) is 29.7 Å². The van der Waals surface area contributed by atoms with Crippen LogP contribution in [0.4, 0.5) is 24.5 Å². The average Bonchev–Trinajstić information content (AvgIpc) is 3.85. The van der Waals surface area contributed by atoms with E-state index in [-0.39, 0.29) is 34.5 Å². The van der Waals surface area contributed by atoms with Crippen LogP contribution in [0, 0.1) is 0 Å². The summed E-state index contributed by atoms with van der Waals surface area (Å²) in [5, 5.41) is 11.9. The van der Waals surface area contributed by atoms with Gasteiger partial charge in [0.15, 0.2) is 18.0 Å². The average molecular weight is 815 g/mol. The summed E-state index contributed by atoms with van der Waals surface area (Å²) in [5.74, 6) is 1.49. The number of hydrogen-bond donors (Lipinski definition) is 1. The maximum Gasteiger partial charge on any atom is 0.417 e. The highest BCUT2D eigenvalue weighted by atomic mass is 35.5. The van der Waals surface area contributed by atoms with Crippen LogP contribution in [0.15, 0.2) is 53.1 Å². The minimum Gasteiger partial charge on any atom is -0.506 e. The lowest BCUT2D eigenvalue weighted by Crippen LogP contribution is -2.35. The number of ether oxygens (including phenoxy) is 2. The number of hydrogen-bond acceptors (Lipinski definition) is 7. The molecule has 1 aromatic heterocycles. The number of fused-ring (bicyclic) bond motifs is 3. The van der Waals surface area contributed by atoms with Crippen molar-refractivity contribution in [2.24, 2.45) is 0 Å². The predicted molar refractivity (Wildman–Crippen MR) is 221 cm³/mol. The summed E-state index contributed by atoms with van der Waals surface area (Å²) in [5.41, 5.74) is 1.38. The van der Waals surface area contributed by atoms with Crippen LogP contribution in [0.25, 0.3) is 16.3 Å². The highest BCUT2D eigenvalue weighted by Gasteiger charge is 2.41. The summed E-state index contributed by atoms with van der Waals surface area (Å²) < 4.78 is 56.6. The third-order valence-electron chi connectivity index (χ3n) is 11.1. The zero-order valence-corrected chi connectivity index (χ0v) is 34.6. The summed E-state index contributed by atoms with van der Waals surface area (Å²) in [6, 6.07) is 6.44. The third-order valence-corrected chi connectivity index (χ3v) is 12.5. The number of carbonyl (C=O) groups is 1. The Balaban J connectivity index is 1.27. The maximum atomic E-state index is 14.0. The molecule has 0 saturated heterocycles. The lowest BCUT2D eigenvalue weighted by Gasteiger charge is -2.27. The number of anilines is 2. The fourth-order valence-corrected chi connectivity index (χ4v) is 9.32. The minimum absolute atomic E-state index is 0.124. The van der Waals surface area contributed by atoms with Gasteiger partial charge in [-0.1, -0.05) is 120 Å². The van der Waals surface area contributed by atoms with Gasteiger partial charge in [0.05, 0.1) is 39.2 Å². The monoisotopic (exact) mass is 814 g/mol. The van der Waals surface area contributed by atoms with E-state index in [4.69, 9.17) is 21.1 Å². The van der Waals surface area contributed by atoms with E-state index >= 15 is 0 Å². The number of aromatic nitrogens is 1. The second kappa shape index (κ2) is 19.2. The van der Waals surface area contributed by atoms with Gasteiger partial charge in [0.1, 0.15) is 16.3 Å². The first kappa shape index (κ1) is 41.9. The highest BCUT2D eigenvalue weighted by Crippen LogP contribution is 2.49. The van der Waals surface area contributed by atoms with Crippen molar-refractivity contribution >= 4 is 56.4 Å². The van der Waals surface area contributed by atoms with Crippen LogP contribution in [-0.4, -0.2) is 30.8 Å². The molecule has 304 valence electrons. The molecule has 1 N–H and O–H groups in total. The van der Waals surface area contributed by atoms with Gasteiger partial charge in [-0.25, -0.2) is 0 Å². The Morgan fingerprint density at radius 2 is 1.39 bits per heavy atom. The van der Waals surface area contributed by atoms with E-state index in [0.717, 1.165) is 66.4 Å². The Bertz CT molecular complexity index is 1970. The quantitative estimate of drug-likeness (QED) is 0.0656. The van der Waals surface area contributed by atoms with Crippen molar-refractivity contribution in [3.63, 3.8) is 0 Å². The minimum atomic E-state index is -4.62. The molecular weight excluding hydrogens is 759 g/mol. The second-order valence-electron chi connectivity index (χ2n) is 15.1. The lowest BCUT2D eigenvalue weighted by atomic mass is 9.87. The molecule has 12 heteroatoms. The standard InChI is InChI=1S/C44H55ClF3N3O4S/c1-4-7-9-11-13-15-17-19-21-50-35-26-33(45)32(44(46,47)48)25-34(35)49(6-3)40(50)23-30-42(52)31(43(30)53)24-41-51(22-20-18-16-14-12-10-8-5-2)36-27-37-38(55-29-54-37)28-39(36)56-41/h23-28H,4-22,29H2,1-3H3/p+1. The molecule has 3 aromatic rings. The molecule has 0 unspecified atom stereocenters. The molecule has 0 spiro atoms. The van der Waals surface area contributed by atoms with Crippen LogP contribution in [0.5, 0.6) is 11.5 Å². The normalized spacial score (nSPS) is 16.7. The SMILES string of the molecule is CCCCCCCCCCN1/C(=C\C2=C(O)C(=C\c3sc4cc5c(cc4[n+]3CCCCCCCCCC)OCO5)/C2=O)N(CC)c2cc(C(F)(F)F)c(Cl)cc21. The van der Waals surface area contributed by atoms with E-state index in [2.05, 4.69) is 18.4 Å². The molecule has 1 aliphatic carbocycles. The Morgan fingerprint density at radius 1 is 0.804 bits per heavy atom. The van der Waals surface area contributed by atoms with Gasteiger partial charge in [-0.2, -0.15) is 17.7 Å². The molecule has 0 saturated carbocycles. The van der Waals surface area contributed by atoms with E-state index in [1.807, 2.05) is 24.0 Å². The number of carbonyl (C=O) groups excluding carboxylic acids is 1. The molecule has 0 fully saturated rings. The summed E-state index contributed by atoms with van der Waals surface area (Å²) in [6.45, 7) is 8.11. The van der Waals surface area contributed by atoms with E-state index < -0.39 is 11.7 Å². The van der Waals surface area contributed by atoms with Gasteiger partial charge in [-0.15, -0.1) is 0 Å². The number of ketones is 1. The summed E-state index contributed by atoms with van der Waals surface area (Å²) >= 11 is 7.79. The van der Waals surface area contributed by atoms with Crippen molar-refractivity contribution in [1.29, 1.82) is 0 Å². The number of Topliss-reactive ketones (excluding diaryl/α,β-unsaturated/α-hetero) is 1. The number of halogens is 4. The van der Waals surface area contributed by atoms with Crippen molar-refractivity contribution in [1.82, 2.24) is 0 Å². The molecular formula is C44H56ClF3N3O4S+. The Labute approximate surface area is 338 Å². The molecule has 6 rings (SSSR count). The van der Waals surface area contributed by atoms with Crippen LogP contribution >= 0.6 is 22.9 Å². The zero-order chi connectivity index (χ0) is 39.8. The topological polar surface area (TPSA) is 66.1 Å². The molecule has 0 radical (unpaired) electrons. The van der Waals surface area contributed by atoms with Gasteiger partial charge in [-0.3, -0.25) is 4.79 Å². The second-order valence-corrected chi connectivity index (χ2v) is 16.6. The first-order chi connectivity index (χ1) is 27.1. The highest BCUT2D eigenvalue weighted by molar-refractivity contribution is 7.18. The molecule has 2 aliphatic heterocycles. The van der Waals surface area contributed by atoms with Crippen LogP contribution in [0.3, 0.4) is 0 Å². The van der Waals surface area contributed by atoms with Crippen molar-refractivity contribution < 1.29 is 37.1 Å². The number of rotatable bonds is 21. The number of nitrogens with zero attached hydrogens (tertiary/aromatic N) is 3. The number of unbranched alkanes of at least 4 members (excludes halogenated alkanes) is 14. The summed E-state index contributed by atoms with van der Waals surface area (Å²) in [6.07, 6.45) is 17.2. The lowest BCUT2D eigenvalue weighted by molar-refractivity contribution is -0.669. The molecule has 56 heavy (non-hydrogen) atoms. The molecule has 0 atom stereocenters. The third kappa shape index (κ3) is 9.36. The molecule has 0 bridgehead atoms. The summed E-state index contributed by atoms with van der Waals surface area (Å²) in [4.78, 5) is 17.6. The number of aryl methyl sites for hydroxylation is 1. The summed E-state index contributed by atoms with van der Waals surface area (Å²) in [7, 11) is 0. The van der Waals surface area contributed by atoms with E-state index in [0.29, 0.717) is 41.8 Å². The van der Waals surface area contributed by atoms with Crippen molar-refractivity contribution in [3.05, 3.63) is 68.7 Å². The van der Waals surface area contributed by atoms with Gasteiger partial charge in [-0.05, 0) is 38.0 Å². The van der Waals surface area contributed by atoms with Crippen LogP contribution in [0.2, 0.25) is 5.02 Å². The molecule has 7 nitrogen and oxygen atoms in total. The predicted octanol–water partition coefficient (Wildman–Crippen LogP) is 12.8. The molecule has 2 aromatic carbocycles. The molecule has 0 amide bonds. The van der Waals surface area contributed by atoms with E-state index in [9.17, 15) is 23.1 Å². The van der Waals surface area contributed by atoms with Gasteiger partial charge < -0.3 is 24.4 Å². The number of benzene rings is 2. The van der Waals surface area contributed by atoms with Gasteiger partial charge in [0.25, 0.3) is 5.01 Å². The first-order valence-electron chi connectivity index (χ1n) is 20.7. The fourth-order valence-electron chi connectivity index (χ4n) is 7.92. The van der Waals surface area contributed by atoms with Crippen molar-refractivity contribution in [3.8, 4) is 11.5 Å². The van der Waals surface area contributed by atoms with Crippen molar-refractivity contribution in [2.45, 2.75) is 136 Å². The van der Waals surface area contributed by atoms with Crippen LogP contribution in [0.1, 0.15) is 134 Å². The number of allylic oxidation sites excluding steroid dienone is 3. The Morgan fingerprint density at radius 3 is 2.00 bits per heavy atom. The number of aliphatic hydroxyl groups is 1. The molecule has 3 heterocycles. The Kier molecular flexibility index (Phi) is 14.3. The zero-order valence-electron chi connectivity index (χ0n) is 33.0. The van der Waals surface area contributed by atoms with Crippen LogP contribution in [-0.2, 0) is 17.5 Å². The van der Waals surface area contributed by atoms with E-state index in [1.54, 1.807) is 17.1 Å². The van der Waals surface area contributed by atoms with E-state index in [1.165, 1.54) is 81.6 Å².